The third kappa shape index (κ3) is 9.20. The van der Waals surface area contributed by atoms with Gasteiger partial charge in [-0.1, -0.05) is 27.7 Å². The number of carbonyl (C=O) groups excluding carboxylic acids is 2. The Bertz CT molecular complexity index is 804. The lowest BCUT2D eigenvalue weighted by Gasteiger charge is -2.49. The quantitative estimate of drug-likeness (QED) is 0.218. The normalized spacial score (nSPS) is 39.6. The number of likely N-dealkylation sites (N-methyl/N-ethyl adjacent to an activating group) is 1. The van der Waals surface area contributed by atoms with Crippen LogP contribution in [0.5, 0.6) is 0 Å². The maximum absolute atomic E-state index is 13.6. The van der Waals surface area contributed by atoms with Crippen LogP contribution in [0, 0.1) is 23.7 Å². The molecule has 1 fully saturated rings. The lowest BCUT2D eigenvalue weighted by Crippen LogP contribution is -2.66. The van der Waals surface area contributed by atoms with E-state index in [0.29, 0.717) is 32.5 Å². The van der Waals surface area contributed by atoms with Crippen LogP contribution in [0.15, 0.2) is 0 Å². The fourth-order valence-corrected chi connectivity index (χ4v) is 6.09. The molecule has 0 bridgehead atoms. The van der Waals surface area contributed by atoms with Gasteiger partial charge in [-0.3, -0.25) is 9.59 Å². The Morgan fingerprint density at radius 1 is 1.05 bits per heavy atom. The van der Waals surface area contributed by atoms with E-state index in [4.69, 9.17) is 9.47 Å². The first kappa shape index (κ1) is 36.9. The number of aliphatic hydroxyl groups is 2. The van der Waals surface area contributed by atoms with Gasteiger partial charge in [-0.2, -0.15) is 0 Å². The van der Waals surface area contributed by atoms with Gasteiger partial charge in [0.05, 0.1) is 12.2 Å². The van der Waals surface area contributed by atoms with Gasteiger partial charge in [-0.15, -0.1) is 0 Å². The summed E-state index contributed by atoms with van der Waals surface area (Å²) in [6, 6.07) is -0.447. The number of esters is 1. The highest BCUT2D eigenvalue weighted by molar-refractivity contribution is 5.99. The molecule has 1 aliphatic rings. The first-order valence-electron chi connectivity index (χ1n) is 15.2. The zero-order valence-corrected chi connectivity index (χ0v) is 27.5. The molecule has 0 radical (unpaired) electrons. The predicted molar refractivity (Wildman–Crippen MR) is 160 cm³/mol. The molecule has 0 saturated carbocycles. The second kappa shape index (κ2) is 15.4. The highest BCUT2D eigenvalue weighted by atomic mass is 16.6. The van der Waals surface area contributed by atoms with Crippen molar-refractivity contribution in [2.75, 3.05) is 53.9 Å². The summed E-state index contributed by atoms with van der Waals surface area (Å²) in [5, 5.41) is 26.6. The monoisotopic (exact) mass is 571 g/mol. The molecule has 9 heteroatoms. The zero-order valence-electron chi connectivity index (χ0n) is 27.5. The topological polar surface area (TPSA) is 112 Å². The van der Waals surface area contributed by atoms with Crippen molar-refractivity contribution in [3.8, 4) is 0 Å². The summed E-state index contributed by atoms with van der Waals surface area (Å²) >= 11 is 0. The van der Waals surface area contributed by atoms with Crippen LogP contribution in [0.4, 0.5) is 0 Å². The molecule has 0 aromatic rings. The minimum atomic E-state index is -1.74. The number of hydrogen-bond acceptors (Lipinski definition) is 9. The molecule has 40 heavy (non-hydrogen) atoms. The van der Waals surface area contributed by atoms with Gasteiger partial charge in [-0.25, -0.2) is 0 Å². The molecule has 1 saturated heterocycles. The van der Waals surface area contributed by atoms with Crippen molar-refractivity contribution in [3.05, 3.63) is 0 Å². The molecule has 0 aliphatic carbocycles. The lowest BCUT2D eigenvalue weighted by atomic mass is 9.73. The Hall–Kier alpha value is -1.10. The third-order valence-electron chi connectivity index (χ3n) is 9.72. The Morgan fingerprint density at radius 2 is 1.65 bits per heavy atom. The first-order valence-corrected chi connectivity index (χ1v) is 15.2. The highest BCUT2D eigenvalue weighted by Crippen LogP contribution is 2.38. The maximum atomic E-state index is 13.6. The van der Waals surface area contributed by atoms with Crippen LogP contribution >= 0.6 is 0 Å². The number of ether oxygens (including phenoxy) is 2. The molecule has 3 N–H and O–H groups in total. The van der Waals surface area contributed by atoms with Crippen LogP contribution < -0.4 is 5.32 Å². The number of rotatable bonds is 9. The van der Waals surface area contributed by atoms with E-state index in [-0.39, 0.29) is 17.6 Å². The predicted octanol–water partition coefficient (Wildman–Crippen LogP) is 2.96. The van der Waals surface area contributed by atoms with Crippen molar-refractivity contribution in [1.29, 1.82) is 0 Å². The molecular weight excluding hydrogens is 510 g/mol. The van der Waals surface area contributed by atoms with Crippen LogP contribution in [-0.2, 0) is 19.1 Å². The number of ketones is 1. The average Bonchev–Trinajstić information content (AvgIpc) is 2.87. The van der Waals surface area contributed by atoms with E-state index in [9.17, 15) is 19.8 Å². The largest absolute Gasteiger partial charge is 0.459 e. The van der Waals surface area contributed by atoms with Crippen molar-refractivity contribution in [1.82, 2.24) is 15.1 Å². The van der Waals surface area contributed by atoms with Crippen LogP contribution in [0.25, 0.3) is 0 Å². The zero-order chi connectivity index (χ0) is 31.1. The molecule has 0 amide bonds. The van der Waals surface area contributed by atoms with Crippen molar-refractivity contribution < 1.29 is 29.3 Å². The van der Waals surface area contributed by atoms with Gasteiger partial charge < -0.3 is 34.8 Å². The van der Waals surface area contributed by atoms with E-state index < -0.39 is 46.8 Å². The van der Waals surface area contributed by atoms with Gasteiger partial charge in [0.2, 0.25) is 0 Å². The molecule has 0 aromatic heterocycles. The SMILES string of the molecule is CC[C@H]1OC(=O)[C@H](C)C(=O)[C@H](C)[C@@H](C)[C@](C)(OCCNCCCN(C)C)C[C@@H](C)CN(C)[C@H](C)[C@@](C)(O)[C@]1(C)O. The molecule has 0 unspecified atom stereocenters. The number of nitrogens with one attached hydrogen (secondary N) is 1. The third-order valence-corrected chi connectivity index (χ3v) is 9.72. The summed E-state index contributed by atoms with van der Waals surface area (Å²) in [6.45, 7) is 20.3. The van der Waals surface area contributed by atoms with E-state index in [1.165, 1.54) is 6.92 Å². The standard InChI is InChI=1S/C31H61N3O6/c1-13-26-31(9,38)30(8,37)25(6)34(12)20-21(2)19-29(7,39-18-16-32-15-14-17-33(10)11)24(5)22(3)27(35)23(4)28(36)40-26/h21-26,32,37-38H,13-20H2,1-12H3/t21-,22-,23-,24-,25-,26-,29-,30-,31-/m1/s1. The minimum absolute atomic E-state index is 0.160. The van der Waals surface area contributed by atoms with Gasteiger partial charge in [0.1, 0.15) is 29.0 Å². The van der Waals surface area contributed by atoms with Crippen molar-refractivity contribution in [3.63, 3.8) is 0 Å². The minimum Gasteiger partial charge on any atom is -0.459 e. The maximum Gasteiger partial charge on any atom is 0.316 e. The molecule has 0 spiro atoms. The van der Waals surface area contributed by atoms with Crippen LogP contribution in [-0.4, -0.2) is 115 Å². The lowest BCUT2D eigenvalue weighted by molar-refractivity contribution is -0.221. The summed E-state index contributed by atoms with van der Waals surface area (Å²) in [7, 11) is 6.06. The summed E-state index contributed by atoms with van der Waals surface area (Å²) in [5.41, 5.74) is -3.96. The van der Waals surface area contributed by atoms with Gasteiger partial charge in [0, 0.05) is 25.0 Å². The van der Waals surface area contributed by atoms with Crippen LogP contribution in [0.1, 0.15) is 81.6 Å². The summed E-state index contributed by atoms with van der Waals surface area (Å²) in [4.78, 5) is 31.0. The summed E-state index contributed by atoms with van der Waals surface area (Å²) < 4.78 is 12.3. The van der Waals surface area contributed by atoms with E-state index in [0.717, 1.165) is 19.5 Å². The molecular formula is C31H61N3O6. The molecule has 9 nitrogen and oxygen atoms in total. The van der Waals surface area contributed by atoms with Crippen LogP contribution in [0.3, 0.4) is 0 Å². The van der Waals surface area contributed by atoms with Crippen molar-refractivity contribution >= 4 is 11.8 Å². The average molecular weight is 572 g/mol. The number of nitrogens with zero attached hydrogens (tertiary/aromatic N) is 2. The van der Waals surface area contributed by atoms with Gasteiger partial charge in [-0.05, 0) is 99.9 Å². The molecule has 0 aromatic carbocycles. The number of carbonyl (C=O) groups is 2. The van der Waals surface area contributed by atoms with E-state index in [1.54, 1.807) is 20.8 Å². The van der Waals surface area contributed by atoms with Gasteiger partial charge in [0.25, 0.3) is 0 Å². The van der Waals surface area contributed by atoms with E-state index >= 15 is 0 Å². The van der Waals surface area contributed by atoms with E-state index in [1.807, 2.05) is 32.7 Å². The van der Waals surface area contributed by atoms with E-state index in [2.05, 4.69) is 38.2 Å². The number of cyclic esters (lactones) is 1. The second-order valence-corrected chi connectivity index (χ2v) is 13.3. The van der Waals surface area contributed by atoms with Gasteiger partial charge in [0.15, 0.2) is 0 Å². The molecule has 1 aliphatic heterocycles. The van der Waals surface area contributed by atoms with Gasteiger partial charge >= 0.3 is 5.97 Å². The fraction of sp³-hybridized carbons (Fsp3) is 0.935. The molecule has 236 valence electrons. The molecule has 1 rings (SSSR count). The number of Topliss-reactive ketones (excluding diaryl/α,β-unsaturated/α-hetero) is 1. The highest BCUT2D eigenvalue weighted by Gasteiger charge is 2.53. The van der Waals surface area contributed by atoms with Crippen molar-refractivity contribution in [2.45, 2.75) is 111 Å². The molecule has 1 heterocycles. The Labute approximate surface area is 244 Å². The smallest absolute Gasteiger partial charge is 0.316 e. The Kier molecular flexibility index (Phi) is 14.2. The number of hydrogen-bond donors (Lipinski definition) is 3. The summed E-state index contributed by atoms with van der Waals surface area (Å²) in [5.74, 6) is -2.33. The van der Waals surface area contributed by atoms with Crippen LogP contribution in [0.2, 0.25) is 0 Å². The summed E-state index contributed by atoms with van der Waals surface area (Å²) in [6.07, 6.45) is 1.06. The molecule has 9 atom stereocenters. The second-order valence-electron chi connectivity index (χ2n) is 13.3. The fourth-order valence-electron chi connectivity index (χ4n) is 6.09. The first-order chi connectivity index (χ1) is 18.3. The Morgan fingerprint density at radius 3 is 2.20 bits per heavy atom. The Balaban J connectivity index is 3.30. The van der Waals surface area contributed by atoms with Crippen molar-refractivity contribution in [2.24, 2.45) is 23.7 Å².